The molecule has 5 nitrogen and oxygen atoms in total. The van der Waals surface area contributed by atoms with Crippen LogP contribution >= 0.6 is 0 Å². The van der Waals surface area contributed by atoms with Crippen LogP contribution in [-0.4, -0.2) is 67.2 Å². The molecule has 2 heterocycles. The molecular weight excluding hydrogens is 230 g/mol. The number of carbonyl (C=O) groups excluding carboxylic acids is 1. The third-order valence-corrected chi connectivity index (χ3v) is 4.07. The standard InChI is InChI=1S/C13H25N3O2/c1-2-15-6-4-3-5-11(15)8-16-9-12(7-14)18-10-13(16)17/h11-12H,2-10,14H2,1H3. The summed E-state index contributed by atoms with van der Waals surface area (Å²) < 4.78 is 5.38. The minimum atomic E-state index is 0.0152. The van der Waals surface area contributed by atoms with Crippen molar-refractivity contribution in [2.75, 3.05) is 39.3 Å². The van der Waals surface area contributed by atoms with Gasteiger partial charge in [0, 0.05) is 25.7 Å². The number of amides is 1. The monoisotopic (exact) mass is 255 g/mol. The maximum atomic E-state index is 11.9. The van der Waals surface area contributed by atoms with Crippen LogP contribution < -0.4 is 5.73 Å². The Labute approximate surface area is 109 Å². The molecule has 2 atom stereocenters. The summed E-state index contributed by atoms with van der Waals surface area (Å²) in [5.74, 6) is 0.112. The van der Waals surface area contributed by atoms with Gasteiger partial charge in [0.2, 0.25) is 5.91 Å². The fourth-order valence-corrected chi connectivity index (χ4v) is 2.94. The molecule has 0 bridgehead atoms. The quantitative estimate of drug-likeness (QED) is 0.771. The number of likely N-dealkylation sites (tertiary alicyclic amines) is 1. The third kappa shape index (κ3) is 3.22. The van der Waals surface area contributed by atoms with Crippen molar-refractivity contribution in [1.82, 2.24) is 9.80 Å². The minimum Gasteiger partial charge on any atom is -0.365 e. The van der Waals surface area contributed by atoms with Crippen molar-refractivity contribution in [3.8, 4) is 0 Å². The second-order valence-corrected chi connectivity index (χ2v) is 5.25. The van der Waals surface area contributed by atoms with Crippen LogP contribution in [0, 0.1) is 0 Å². The normalized spacial score (nSPS) is 30.8. The Morgan fingerprint density at radius 3 is 3.00 bits per heavy atom. The molecule has 2 aliphatic heterocycles. The molecule has 0 aliphatic carbocycles. The van der Waals surface area contributed by atoms with E-state index in [1.165, 1.54) is 25.8 Å². The molecule has 18 heavy (non-hydrogen) atoms. The Bertz CT molecular complexity index is 285. The Morgan fingerprint density at radius 2 is 2.28 bits per heavy atom. The van der Waals surface area contributed by atoms with Gasteiger partial charge < -0.3 is 15.4 Å². The lowest BCUT2D eigenvalue weighted by molar-refractivity contribution is -0.149. The van der Waals surface area contributed by atoms with Crippen molar-refractivity contribution >= 4 is 5.91 Å². The molecule has 104 valence electrons. The zero-order valence-electron chi connectivity index (χ0n) is 11.3. The minimum absolute atomic E-state index is 0.0152. The molecule has 0 aromatic rings. The Morgan fingerprint density at radius 1 is 1.44 bits per heavy atom. The van der Waals surface area contributed by atoms with Gasteiger partial charge in [0.25, 0.3) is 0 Å². The van der Waals surface area contributed by atoms with E-state index in [2.05, 4.69) is 11.8 Å². The summed E-state index contributed by atoms with van der Waals surface area (Å²) in [6, 6.07) is 0.518. The summed E-state index contributed by atoms with van der Waals surface area (Å²) in [5.41, 5.74) is 5.62. The molecule has 5 heteroatoms. The predicted octanol–water partition coefficient (Wildman–Crippen LogP) is 0.0469. The first-order valence-corrected chi connectivity index (χ1v) is 7.08. The maximum Gasteiger partial charge on any atom is 0.248 e. The van der Waals surface area contributed by atoms with Gasteiger partial charge in [-0.3, -0.25) is 9.69 Å². The molecule has 2 N–H and O–H groups in total. The fourth-order valence-electron chi connectivity index (χ4n) is 2.94. The van der Waals surface area contributed by atoms with Gasteiger partial charge >= 0.3 is 0 Å². The Hall–Kier alpha value is -0.650. The van der Waals surface area contributed by atoms with E-state index in [1.54, 1.807) is 0 Å². The van der Waals surface area contributed by atoms with Gasteiger partial charge in [-0.05, 0) is 25.9 Å². The zero-order chi connectivity index (χ0) is 13.0. The number of nitrogens with two attached hydrogens (primary N) is 1. The molecule has 2 aliphatic rings. The van der Waals surface area contributed by atoms with Crippen molar-refractivity contribution in [2.24, 2.45) is 5.73 Å². The summed E-state index contributed by atoms with van der Waals surface area (Å²) in [5, 5.41) is 0. The summed E-state index contributed by atoms with van der Waals surface area (Å²) >= 11 is 0. The van der Waals surface area contributed by atoms with Crippen LogP contribution in [0.4, 0.5) is 0 Å². The lowest BCUT2D eigenvalue weighted by Crippen LogP contribution is -2.54. The maximum absolute atomic E-state index is 11.9. The van der Waals surface area contributed by atoms with Gasteiger partial charge in [0.1, 0.15) is 6.61 Å². The number of ether oxygens (including phenoxy) is 1. The van der Waals surface area contributed by atoms with Crippen LogP contribution in [0.25, 0.3) is 0 Å². The van der Waals surface area contributed by atoms with Crippen molar-refractivity contribution in [2.45, 2.75) is 38.3 Å². The molecule has 2 rings (SSSR count). The Balaban J connectivity index is 1.91. The summed E-state index contributed by atoms with van der Waals surface area (Å²) in [4.78, 5) is 16.3. The highest BCUT2D eigenvalue weighted by Crippen LogP contribution is 2.18. The lowest BCUT2D eigenvalue weighted by atomic mass is 10.0. The van der Waals surface area contributed by atoms with E-state index >= 15 is 0 Å². The topological polar surface area (TPSA) is 58.8 Å². The number of hydrogen-bond donors (Lipinski definition) is 1. The van der Waals surface area contributed by atoms with E-state index in [1.807, 2.05) is 4.90 Å². The van der Waals surface area contributed by atoms with E-state index in [-0.39, 0.29) is 18.6 Å². The van der Waals surface area contributed by atoms with Crippen LogP contribution in [0.5, 0.6) is 0 Å². The van der Waals surface area contributed by atoms with Crippen LogP contribution in [0.3, 0.4) is 0 Å². The van der Waals surface area contributed by atoms with Crippen molar-refractivity contribution in [3.05, 3.63) is 0 Å². The van der Waals surface area contributed by atoms with E-state index in [0.717, 1.165) is 13.1 Å². The van der Waals surface area contributed by atoms with Gasteiger partial charge in [0.15, 0.2) is 0 Å². The summed E-state index contributed by atoms with van der Waals surface area (Å²) in [6.07, 6.45) is 3.78. The van der Waals surface area contributed by atoms with Gasteiger partial charge in [-0.1, -0.05) is 13.3 Å². The van der Waals surface area contributed by atoms with Gasteiger partial charge in [-0.2, -0.15) is 0 Å². The third-order valence-electron chi connectivity index (χ3n) is 4.07. The van der Waals surface area contributed by atoms with Crippen LogP contribution in [0.1, 0.15) is 26.2 Å². The molecule has 0 radical (unpaired) electrons. The number of rotatable bonds is 4. The van der Waals surface area contributed by atoms with E-state index < -0.39 is 0 Å². The molecule has 2 fully saturated rings. The Kier molecular flexibility index (Phi) is 4.97. The summed E-state index contributed by atoms with van der Waals surface area (Å²) in [6.45, 7) is 6.62. The number of carbonyl (C=O) groups is 1. The lowest BCUT2D eigenvalue weighted by Gasteiger charge is -2.40. The zero-order valence-corrected chi connectivity index (χ0v) is 11.3. The second kappa shape index (κ2) is 6.50. The predicted molar refractivity (Wildman–Crippen MR) is 70.3 cm³/mol. The van der Waals surface area contributed by atoms with Crippen molar-refractivity contribution in [1.29, 1.82) is 0 Å². The summed E-state index contributed by atoms with van der Waals surface area (Å²) in [7, 11) is 0. The van der Waals surface area contributed by atoms with Gasteiger partial charge in [0.05, 0.1) is 6.10 Å². The van der Waals surface area contributed by atoms with E-state index in [9.17, 15) is 4.79 Å². The van der Waals surface area contributed by atoms with E-state index in [0.29, 0.717) is 19.1 Å². The molecule has 0 saturated carbocycles. The van der Waals surface area contributed by atoms with Crippen molar-refractivity contribution < 1.29 is 9.53 Å². The average Bonchev–Trinajstić information content (AvgIpc) is 2.42. The van der Waals surface area contributed by atoms with Gasteiger partial charge in [-0.25, -0.2) is 0 Å². The molecule has 0 aromatic heterocycles. The SMILES string of the molecule is CCN1CCCCC1CN1CC(CN)OCC1=O. The molecular formula is C13H25N3O2. The highest BCUT2D eigenvalue weighted by atomic mass is 16.5. The first-order chi connectivity index (χ1) is 8.74. The van der Waals surface area contributed by atoms with Crippen molar-refractivity contribution in [3.63, 3.8) is 0 Å². The number of morpholine rings is 1. The number of hydrogen-bond acceptors (Lipinski definition) is 4. The van der Waals surface area contributed by atoms with Crippen LogP contribution in [0.2, 0.25) is 0 Å². The smallest absolute Gasteiger partial charge is 0.248 e. The average molecular weight is 255 g/mol. The molecule has 1 amide bonds. The van der Waals surface area contributed by atoms with Crippen LogP contribution in [0.15, 0.2) is 0 Å². The second-order valence-electron chi connectivity index (χ2n) is 5.25. The van der Waals surface area contributed by atoms with Gasteiger partial charge in [-0.15, -0.1) is 0 Å². The molecule has 2 saturated heterocycles. The molecule has 0 spiro atoms. The molecule has 2 unspecified atom stereocenters. The van der Waals surface area contributed by atoms with Crippen LogP contribution in [-0.2, 0) is 9.53 Å². The van der Waals surface area contributed by atoms with E-state index in [4.69, 9.17) is 10.5 Å². The fraction of sp³-hybridized carbons (Fsp3) is 0.923. The molecule has 0 aromatic carbocycles. The highest BCUT2D eigenvalue weighted by Gasteiger charge is 2.30. The largest absolute Gasteiger partial charge is 0.365 e. The number of nitrogens with zero attached hydrogens (tertiary/aromatic N) is 2. The first kappa shape index (κ1) is 13.8. The number of likely N-dealkylation sites (N-methyl/N-ethyl adjacent to an activating group) is 1. The highest BCUT2D eigenvalue weighted by molar-refractivity contribution is 5.78. The number of piperidine rings is 1. The first-order valence-electron chi connectivity index (χ1n) is 7.08.